The third-order valence-electron chi connectivity index (χ3n) is 4.61. The molecule has 4 heteroatoms. The van der Waals surface area contributed by atoms with Gasteiger partial charge >= 0.3 is 0 Å². The number of nitrogens with one attached hydrogen (secondary N) is 1. The van der Waals surface area contributed by atoms with Gasteiger partial charge in [0.25, 0.3) is 0 Å². The topological polar surface area (TPSA) is 30.9 Å². The van der Waals surface area contributed by atoms with E-state index in [1.165, 1.54) is 37.9 Å². The van der Waals surface area contributed by atoms with Gasteiger partial charge in [-0.1, -0.05) is 30.3 Å². The van der Waals surface area contributed by atoms with Crippen molar-refractivity contribution >= 4 is 5.96 Å². The molecule has 0 radical (unpaired) electrons. The lowest BCUT2D eigenvalue weighted by atomic mass is 10.1. The molecule has 1 aliphatic heterocycles. The van der Waals surface area contributed by atoms with Crippen LogP contribution in [0.5, 0.6) is 0 Å². The highest BCUT2D eigenvalue weighted by atomic mass is 15.3. The van der Waals surface area contributed by atoms with E-state index in [0.29, 0.717) is 0 Å². The third-order valence-corrected chi connectivity index (χ3v) is 4.61. The van der Waals surface area contributed by atoms with E-state index in [4.69, 9.17) is 4.99 Å². The third kappa shape index (κ3) is 4.23. The number of benzene rings is 1. The molecule has 2 fully saturated rings. The lowest BCUT2D eigenvalue weighted by molar-refractivity contribution is 0.313. The maximum atomic E-state index is 4.74. The van der Waals surface area contributed by atoms with Gasteiger partial charge in [0.15, 0.2) is 5.96 Å². The average Bonchev–Trinajstić information content (AvgIpc) is 3.27. The first-order valence-electron chi connectivity index (χ1n) is 8.46. The van der Waals surface area contributed by atoms with Gasteiger partial charge in [-0.25, -0.2) is 4.99 Å². The fourth-order valence-corrected chi connectivity index (χ4v) is 3.14. The van der Waals surface area contributed by atoms with Gasteiger partial charge in [-0.05, 0) is 37.3 Å². The van der Waals surface area contributed by atoms with Gasteiger partial charge in [0.1, 0.15) is 0 Å². The van der Waals surface area contributed by atoms with E-state index >= 15 is 0 Å². The molecular weight excluding hydrogens is 272 g/mol. The Bertz CT molecular complexity index is 493. The molecule has 22 heavy (non-hydrogen) atoms. The highest BCUT2D eigenvalue weighted by molar-refractivity contribution is 5.79. The Morgan fingerprint density at radius 2 is 2.00 bits per heavy atom. The number of guanidine groups is 1. The minimum absolute atomic E-state index is 0.736. The van der Waals surface area contributed by atoms with Crippen LogP contribution in [0.25, 0.3) is 0 Å². The van der Waals surface area contributed by atoms with E-state index < -0.39 is 0 Å². The Labute approximate surface area is 134 Å². The molecule has 2 aliphatic rings. The summed E-state index contributed by atoms with van der Waals surface area (Å²) in [7, 11) is 4.12. The van der Waals surface area contributed by atoms with Gasteiger partial charge in [-0.3, -0.25) is 0 Å². The Balaban J connectivity index is 1.49. The zero-order chi connectivity index (χ0) is 15.4. The van der Waals surface area contributed by atoms with Crippen molar-refractivity contribution in [2.45, 2.75) is 31.8 Å². The molecule has 1 heterocycles. The van der Waals surface area contributed by atoms with Crippen LogP contribution in [0.3, 0.4) is 0 Å². The number of hydrogen-bond donors (Lipinski definition) is 1. The number of rotatable bonds is 5. The number of likely N-dealkylation sites (tertiary alicyclic amines) is 1. The van der Waals surface area contributed by atoms with Crippen LogP contribution in [0, 0.1) is 5.92 Å². The van der Waals surface area contributed by atoms with Crippen molar-refractivity contribution in [2.75, 3.05) is 33.7 Å². The van der Waals surface area contributed by atoms with Gasteiger partial charge in [-0.15, -0.1) is 0 Å². The van der Waals surface area contributed by atoms with Crippen molar-refractivity contribution in [1.29, 1.82) is 0 Å². The van der Waals surface area contributed by atoms with Crippen molar-refractivity contribution in [3.05, 3.63) is 35.9 Å². The second-order valence-electron chi connectivity index (χ2n) is 6.78. The molecule has 120 valence electrons. The molecule has 1 atom stereocenters. The van der Waals surface area contributed by atoms with E-state index in [9.17, 15) is 0 Å². The monoisotopic (exact) mass is 300 g/mol. The second kappa shape index (κ2) is 7.14. The largest absolute Gasteiger partial charge is 0.356 e. The summed E-state index contributed by atoms with van der Waals surface area (Å²) >= 11 is 0. The van der Waals surface area contributed by atoms with Crippen LogP contribution >= 0.6 is 0 Å². The standard InChI is InChI=1S/C18H28N4/c1-21(2)18(19-12-15-6-4-3-5-7-15)20-13-16-10-11-22(14-16)17-8-9-17/h3-7,16-17H,8-14H2,1-2H3,(H,19,20). The molecule has 1 aromatic rings. The Hall–Kier alpha value is -1.55. The summed E-state index contributed by atoms with van der Waals surface area (Å²) in [5, 5.41) is 3.56. The Morgan fingerprint density at radius 1 is 1.23 bits per heavy atom. The fourth-order valence-electron chi connectivity index (χ4n) is 3.14. The lowest BCUT2D eigenvalue weighted by Crippen LogP contribution is -2.39. The van der Waals surface area contributed by atoms with Gasteiger partial charge in [0.2, 0.25) is 0 Å². The van der Waals surface area contributed by atoms with E-state index in [-0.39, 0.29) is 0 Å². The molecule has 1 N–H and O–H groups in total. The zero-order valence-electron chi connectivity index (χ0n) is 13.8. The molecule has 0 aromatic heterocycles. The van der Waals surface area contributed by atoms with Crippen molar-refractivity contribution in [2.24, 2.45) is 10.9 Å². The number of aliphatic imine (C=N–C) groups is 1. The highest BCUT2D eigenvalue weighted by Crippen LogP contribution is 2.31. The first kappa shape index (κ1) is 15.3. The molecule has 1 aliphatic carbocycles. The first-order chi connectivity index (χ1) is 10.7. The van der Waals surface area contributed by atoms with Crippen LogP contribution in [-0.4, -0.2) is 55.5 Å². The van der Waals surface area contributed by atoms with Crippen LogP contribution in [0.2, 0.25) is 0 Å². The minimum atomic E-state index is 0.736. The molecule has 1 saturated heterocycles. The SMILES string of the molecule is CN(C)C(=NCc1ccccc1)NCC1CCN(C2CC2)C1. The summed E-state index contributed by atoms with van der Waals surface area (Å²) in [5.41, 5.74) is 1.25. The molecule has 3 rings (SSSR count). The fraction of sp³-hybridized carbons (Fsp3) is 0.611. The summed E-state index contributed by atoms with van der Waals surface area (Å²) in [5.74, 6) is 1.76. The Kier molecular flexibility index (Phi) is 4.98. The second-order valence-corrected chi connectivity index (χ2v) is 6.78. The first-order valence-corrected chi connectivity index (χ1v) is 8.46. The van der Waals surface area contributed by atoms with Gasteiger partial charge < -0.3 is 15.1 Å². The minimum Gasteiger partial charge on any atom is -0.356 e. The maximum absolute atomic E-state index is 4.74. The smallest absolute Gasteiger partial charge is 0.193 e. The Morgan fingerprint density at radius 3 is 2.68 bits per heavy atom. The zero-order valence-corrected chi connectivity index (χ0v) is 13.8. The average molecular weight is 300 g/mol. The predicted octanol–water partition coefficient (Wildman–Crippen LogP) is 2.18. The molecule has 1 saturated carbocycles. The highest BCUT2D eigenvalue weighted by Gasteiger charge is 2.34. The van der Waals surface area contributed by atoms with Crippen molar-refractivity contribution < 1.29 is 0 Å². The molecule has 0 spiro atoms. The van der Waals surface area contributed by atoms with E-state index in [2.05, 4.69) is 53.5 Å². The molecule has 4 nitrogen and oxygen atoms in total. The quantitative estimate of drug-likeness (QED) is 0.668. The van der Waals surface area contributed by atoms with Crippen molar-refractivity contribution in [3.8, 4) is 0 Å². The predicted molar refractivity (Wildman–Crippen MR) is 92.0 cm³/mol. The molecule has 1 aromatic carbocycles. The van der Waals surface area contributed by atoms with Crippen LogP contribution in [-0.2, 0) is 6.54 Å². The summed E-state index contributed by atoms with van der Waals surface area (Å²) in [6.07, 6.45) is 4.16. The molecule has 1 unspecified atom stereocenters. The maximum Gasteiger partial charge on any atom is 0.193 e. The van der Waals surface area contributed by atoms with Gasteiger partial charge in [0, 0.05) is 33.2 Å². The van der Waals surface area contributed by atoms with Crippen LogP contribution < -0.4 is 5.32 Å². The lowest BCUT2D eigenvalue weighted by Gasteiger charge is -2.20. The number of hydrogen-bond acceptors (Lipinski definition) is 2. The van der Waals surface area contributed by atoms with E-state index in [1.807, 2.05) is 6.07 Å². The normalized spacial score (nSPS) is 22.8. The van der Waals surface area contributed by atoms with Crippen LogP contribution in [0.1, 0.15) is 24.8 Å². The number of nitrogens with zero attached hydrogens (tertiary/aromatic N) is 3. The summed E-state index contributed by atoms with van der Waals surface area (Å²) in [6.45, 7) is 4.32. The van der Waals surface area contributed by atoms with Crippen LogP contribution in [0.15, 0.2) is 35.3 Å². The van der Waals surface area contributed by atoms with E-state index in [0.717, 1.165) is 31.0 Å². The summed E-state index contributed by atoms with van der Waals surface area (Å²) < 4.78 is 0. The van der Waals surface area contributed by atoms with Crippen molar-refractivity contribution in [3.63, 3.8) is 0 Å². The molecule has 0 amide bonds. The van der Waals surface area contributed by atoms with Crippen molar-refractivity contribution in [1.82, 2.24) is 15.1 Å². The summed E-state index contributed by atoms with van der Waals surface area (Å²) in [6, 6.07) is 11.3. The molecular formula is C18H28N4. The van der Waals surface area contributed by atoms with Gasteiger partial charge in [-0.2, -0.15) is 0 Å². The van der Waals surface area contributed by atoms with Crippen LogP contribution in [0.4, 0.5) is 0 Å². The summed E-state index contributed by atoms with van der Waals surface area (Å²) in [4.78, 5) is 9.49. The van der Waals surface area contributed by atoms with Gasteiger partial charge in [0.05, 0.1) is 6.54 Å². The van der Waals surface area contributed by atoms with E-state index in [1.54, 1.807) is 0 Å². The molecule has 0 bridgehead atoms.